The summed E-state index contributed by atoms with van der Waals surface area (Å²) in [6, 6.07) is 10.3. The van der Waals surface area contributed by atoms with Crippen molar-refractivity contribution in [2.75, 3.05) is 19.0 Å². The average molecular weight is 238 g/mol. The van der Waals surface area contributed by atoms with Crippen molar-refractivity contribution in [1.29, 1.82) is 0 Å². The van der Waals surface area contributed by atoms with Crippen LogP contribution < -0.4 is 4.90 Å². The van der Waals surface area contributed by atoms with E-state index in [1.165, 1.54) is 5.69 Å². The second-order valence-corrected chi connectivity index (χ2v) is 4.46. The molecule has 1 nitrogen and oxygen atoms in total. The average Bonchev–Trinajstić information content (AvgIpc) is 2.05. The number of para-hydroxylation sites is 1. The lowest BCUT2D eigenvalue weighted by molar-refractivity contribution is 1.13. The van der Waals surface area contributed by atoms with Crippen molar-refractivity contribution in [1.82, 2.24) is 0 Å². The molecule has 5 heteroatoms. The van der Waals surface area contributed by atoms with Gasteiger partial charge in [0, 0.05) is 19.8 Å². The van der Waals surface area contributed by atoms with Crippen molar-refractivity contribution in [2.45, 2.75) is 0 Å². The summed E-state index contributed by atoms with van der Waals surface area (Å²) in [5, 5.41) is 0. The first-order valence-electron chi connectivity index (χ1n) is 3.68. The van der Waals surface area contributed by atoms with Crippen LogP contribution in [0.15, 0.2) is 30.3 Å². The largest absolute Gasteiger partial charge is 0.450 e. The molecule has 13 heavy (non-hydrogen) atoms. The van der Waals surface area contributed by atoms with Gasteiger partial charge in [-0.2, -0.15) is 34.4 Å². The summed E-state index contributed by atoms with van der Waals surface area (Å²) >= 11 is 14.4. The molecule has 0 radical (unpaired) electrons. The van der Waals surface area contributed by atoms with Crippen LogP contribution in [-0.4, -0.2) is 19.1 Å². The number of benzene rings is 1. The molecule has 0 unspecified atom stereocenters. The predicted octanol–water partition coefficient (Wildman–Crippen LogP) is 3.44. The Morgan fingerprint density at radius 3 is 1.62 bits per heavy atom. The molecular weight excluding hydrogens is 227 g/mol. The van der Waals surface area contributed by atoms with Crippen molar-refractivity contribution in [2.24, 2.45) is 0 Å². The van der Waals surface area contributed by atoms with Crippen molar-refractivity contribution in [3.8, 4) is 0 Å². The minimum Gasteiger partial charge on any atom is -0.378 e. The van der Waals surface area contributed by atoms with Crippen molar-refractivity contribution < 1.29 is 0 Å². The van der Waals surface area contributed by atoms with Gasteiger partial charge in [0.15, 0.2) is 0 Å². The van der Waals surface area contributed by atoms with Crippen molar-refractivity contribution in [3.63, 3.8) is 0 Å². The van der Waals surface area contributed by atoms with Crippen LogP contribution >= 0.6 is 34.4 Å². The molecule has 0 atom stereocenters. The van der Waals surface area contributed by atoms with E-state index in [2.05, 4.69) is 17.0 Å². The molecule has 1 aromatic rings. The second kappa shape index (κ2) is 7.37. The van der Waals surface area contributed by atoms with E-state index in [1.807, 2.05) is 32.3 Å². The molecule has 1 aromatic carbocycles. The third-order valence-corrected chi connectivity index (χ3v) is 1.27. The van der Waals surface area contributed by atoms with Crippen LogP contribution in [0, 0.1) is 0 Å². The molecule has 0 bridgehead atoms. The molecule has 0 aliphatic heterocycles. The first-order valence-corrected chi connectivity index (χ1v) is 4.99. The Bertz CT molecular complexity index is 213. The third-order valence-electron chi connectivity index (χ3n) is 1.27. The normalized spacial score (nSPS) is 8.38. The summed E-state index contributed by atoms with van der Waals surface area (Å²) < 4.78 is 0. The topological polar surface area (TPSA) is 3.24 Å². The number of anilines is 1. The number of hydrogen-bond acceptors (Lipinski definition) is 1. The molecule has 0 spiro atoms. The quantitative estimate of drug-likeness (QED) is 0.677. The van der Waals surface area contributed by atoms with Gasteiger partial charge >= 0.3 is 4.96 Å². The van der Waals surface area contributed by atoms with E-state index in [9.17, 15) is 0 Å². The zero-order valence-electron chi connectivity index (χ0n) is 7.55. The molecule has 0 saturated carbocycles. The minimum absolute atomic E-state index is 0.750. The molecule has 72 valence electrons. The smallest absolute Gasteiger partial charge is 0.378 e. The van der Waals surface area contributed by atoms with Gasteiger partial charge in [0.1, 0.15) is 0 Å². The van der Waals surface area contributed by atoms with Gasteiger partial charge in [0.25, 0.3) is 0 Å². The van der Waals surface area contributed by atoms with Crippen molar-refractivity contribution in [3.05, 3.63) is 30.3 Å². The summed E-state index contributed by atoms with van der Waals surface area (Å²) in [6.07, 6.45) is 0. The number of nitrogens with zero attached hydrogens (tertiary/aromatic N) is 1. The fourth-order valence-corrected chi connectivity index (χ4v) is 0.726. The molecule has 0 heterocycles. The lowest BCUT2D eigenvalue weighted by atomic mass is 10.3. The van der Waals surface area contributed by atoms with Gasteiger partial charge in [-0.1, -0.05) is 18.2 Å². The molecule has 0 fully saturated rings. The van der Waals surface area contributed by atoms with Crippen LogP contribution in [0.5, 0.6) is 0 Å². The molecule has 1 rings (SSSR count). The highest BCUT2D eigenvalue weighted by Gasteiger charge is 1.91. The first-order chi connectivity index (χ1) is 6.04. The van der Waals surface area contributed by atoms with E-state index in [1.54, 1.807) is 0 Å². The molecule has 0 aliphatic rings. The lowest BCUT2D eigenvalue weighted by Gasteiger charge is -2.10. The highest BCUT2D eigenvalue weighted by molar-refractivity contribution is 7.54. The standard InChI is InChI=1S/C8H11N.BCl3/c1-9(2)8-6-4-3-5-7-8;2-1(3)4/h3-7H,1-2H3;. The van der Waals surface area contributed by atoms with Crippen LogP contribution in [0.2, 0.25) is 0 Å². The van der Waals surface area contributed by atoms with Gasteiger partial charge in [-0.25, -0.2) is 0 Å². The Balaban J connectivity index is 0.000000310. The zero-order valence-corrected chi connectivity index (χ0v) is 9.81. The molecular formula is C8H11BCl3N. The Morgan fingerprint density at radius 1 is 1.00 bits per heavy atom. The van der Waals surface area contributed by atoms with Gasteiger partial charge in [-0.3, -0.25) is 0 Å². The van der Waals surface area contributed by atoms with Gasteiger partial charge in [-0.15, -0.1) is 0 Å². The van der Waals surface area contributed by atoms with E-state index in [4.69, 9.17) is 34.4 Å². The van der Waals surface area contributed by atoms with Gasteiger partial charge in [0.05, 0.1) is 0 Å². The summed E-state index contributed by atoms with van der Waals surface area (Å²) in [5.74, 6) is 0. The second-order valence-electron chi connectivity index (χ2n) is 2.48. The summed E-state index contributed by atoms with van der Waals surface area (Å²) in [5.41, 5.74) is 1.25. The van der Waals surface area contributed by atoms with Crippen molar-refractivity contribution >= 4 is 45.0 Å². The van der Waals surface area contributed by atoms with E-state index in [0.717, 1.165) is 0 Å². The van der Waals surface area contributed by atoms with Crippen LogP contribution in [0.3, 0.4) is 0 Å². The highest BCUT2D eigenvalue weighted by Crippen LogP contribution is 2.07. The van der Waals surface area contributed by atoms with Gasteiger partial charge in [0.2, 0.25) is 0 Å². The van der Waals surface area contributed by atoms with Gasteiger partial charge in [-0.05, 0) is 12.1 Å². The zero-order chi connectivity index (χ0) is 10.3. The van der Waals surface area contributed by atoms with Crippen LogP contribution in [0.4, 0.5) is 5.69 Å². The maximum Gasteiger partial charge on any atom is 0.450 e. The number of rotatable bonds is 1. The number of hydrogen-bond donors (Lipinski definition) is 0. The summed E-state index contributed by atoms with van der Waals surface area (Å²) in [7, 11) is 4.07. The predicted molar refractivity (Wildman–Crippen MR) is 64.1 cm³/mol. The van der Waals surface area contributed by atoms with E-state index in [0.29, 0.717) is 0 Å². The Kier molecular flexibility index (Phi) is 7.34. The van der Waals surface area contributed by atoms with Crippen LogP contribution in [0.1, 0.15) is 0 Å². The summed E-state index contributed by atoms with van der Waals surface area (Å²) in [4.78, 5) is 1.33. The van der Waals surface area contributed by atoms with E-state index < -0.39 is 4.96 Å². The fourth-order valence-electron chi connectivity index (χ4n) is 0.726. The molecule has 0 aliphatic carbocycles. The van der Waals surface area contributed by atoms with Crippen LogP contribution in [0.25, 0.3) is 0 Å². The monoisotopic (exact) mass is 237 g/mol. The maximum atomic E-state index is 4.81. The molecule has 0 amide bonds. The molecule has 0 N–H and O–H groups in total. The fraction of sp³-hybridized carbons (Fsp3) is 0.250. The highest BCUT2D eigenvalue weighted by atomic mass is 35.6. The number of halogens is 3. The lowest BCUT2D eigenvalue weighted by Crippen LogP contribution is -2.07. The van der Waals surface area contributed by atoms with E-state index in [-0.39, 0.29) is 0 Å². The molecule has 0 saturated heterocycles. The first kappa shape index (κ1) is 13.0. The maximum absolute atomic E-state index is 4.81. The Morgan fingerprint density at radius 2 is 1.38 bits per heavy atom. The van der Waals surface area contributed by atoms with E-state index >= 15 is 0 Å². The van der Waals surface area contributed by atoms with Gasteiger partial charge < -0.3 is 4.90 Å². The third kappa shape index (κ3) is 8.29. The SMILES string of the molecule is CN(C)c1ccccc1.ClB(Cl)Cl. The Hall–Kier alpha value is -0.0451. The van der Waals surface area contributed by atoms with Crippen LogP contribution in [-0.2, 0) is 0 Å². The Labute approximate surface area is 94.4 Å². The summed E-state index contributed by atoms with van der Waals surface area (Å²) in [6.45, 7) is 0. The minimum atomic E-state index is -0.750. The molecule has 0 aromatic heterocycles.